The van der Waals surface area contributed by atoms with Gasteiger partial charge in [-0.1, -0.05) is 55.2 Å². The molecular weight excluding hydrogens is 397 g/mol. The second-order valence-corrected chi connectivity index (χ2v) is 8.12. The van der Waals surface area contributed by atoms with Crippen molar-refractivity contribution in [2.45, 2.75) is 25.3 Å². The van der Waals surface area contributed by atoms with Crippen LogP contribution < -0.4 is 0 Å². The van der Waals surface area contributed by atoms with Crippen LogP contribution in [0.3, 0.4) is 0 Å². The zero-order valence-corrected chi connectivity index (χ0v) is 16.7. The summed E-state index contributed by atoms with van der Waals surface area (Å²) in [5.41, 5.74) is 0.764. The summed E-state index contributed by atoms with van der Waals surface area (Å²) < 4.78 is 31.9. The standard InChI is InChI=1S/C18H19Cl2NO4S/c1-3-21(4-2)26(23,24)17-11-13(9-10-16(17)20)18(22)25-12-14-7-5-6-8-15(14)19/h5-11H,3-4,12H2,1-2H3. The minimum Gasteiger partial charge on any atom is -0.457 e. The summed E-state index contributed by atoms with van der Waals surface area (Å²) >= 11 is 12.1. The number of ether oxygens (including phenoxy) is 1. The van der Waals surface area contributed by atoms with Crippen LogP contribution in [-0.2, 0) is 21.4 Å². The topological polar surface area (TPSA) is 63.7 Å². The fourth-order valence-electron chi connectivity index (χ4n) is 2.37. The van der Waals surface area contributed by atoms with Crippen LogP contribution in [0.25, 0.3) is 0 Å². The highest BCUT2D eigenvalue weighted by molar-refractivity contribution is 7.89. The van der Waals surface area contributed by atoms with Crippen LogP contribution in [0.5, 0.6) is 0 Å². The molecule has 26 heavy (non-hydrogen) atoms. The Balaban J connectivity index is 2.26. The molecule has 0 heterocycles. The molecule has 0 aromatic heterocycles. The number of carbonyl (C=O) groups is 1. The predicted molar refractivity (Wildman–Crippen MR) is 102 cm³/mol. The van der Waals surface area contributed by atoms with Crippen molar-refractivity contribution >= 4 is 39.2 Å². The Hall–Kier alpha value is -1.60. The van der Waals surface area contributed by atoms with Crippen LogP contribution in [0.1, 0.15) is 29.8 Å². The maximum atomic E-state index is 12.7. The molecule has 0 aliphatic rings. The summed E-state index contributed by atoms with van der Waals surface area (Å²) in [6, 6.07) is 11.0. The van der Waals surface area contributed by atoms with Gasteiger partial charge in [0.25, 0.3) is 0 Å². The van der Waals surface area contributed by atoms with Crippen LogP contribution in [-0.4, -0.2) is 31.8 Å². The first-order chi connectivity index (χ1) is 12.3. The fourth-order valence-corrected chi connectivity index (χ4v) is 4.52. The minimum absolute atomic E-state index is 0.0146. The third kappa shape index (κ3) is 4.57. The molecule has 0 saturated carbocycles. The van der Waals surface area contributed by atoms with Gasteiger partial charge in [0.15, 0.2) is 0 Å². The molecule has 5 nitrogen and oxygen atoms in total. The number of benzene rings is 2. The molecule has 140 valence electrons. The van der Waals surface area contributed by atoms with Crippen molar-refractivity contribution < 1.29 is 17.9 Å². The third-order valence-electron chi connectivity index (χ3n) is 3.81. The maximum absolute atomic E-state index is 12.7. The van der Waals surface area contributed by atoms with E-state index in [1.54, 1.807) is 38.1 Å². The van der Waals surface area contributed by atoms with Gasteiger partial charge in [-0.15, -0.1) is 0 Å². The number of hydrogen-bond donors (Lipinski definition) is 0. The van der Waals surface area contributed by atoms with E-state index in [0.29, 0.717) is 23.7 Å². The van der Waals surface area contributed by atoms with Crippen molar-refractivity contribution in [1.29, 1.82) is 0 Å². The highest BCUT2D eigenvalue weighted by Crippen LogP contribution is 2.26. The quantitative estimate of drug-likeness (QED) is 0.629. The first-order valence-electron chi connectivity index (χ1n) is 8.01. The molecule has 0 atom stereocenters. The molecule has 0 fully saturated rings. The van der Waals surface area contributed by atoms with E-state index in [1.807, 2.05) is 0 Å². The lowest BCUT2D eigenvalue weighted by Gasteiger charge is -2.19. The Kier molecular flexibility index (Phi) is 7.06. The van der Waals surface area contributed by atoms with E-state index >= 15 is 0 Å². The molecule has 2 aromatic carbocycles. The Morgan fingerprint density at radius 2 is 1.69 bits per heavy atom. The summed E-state index contributed by atoms with van der Waals surface area (Å²) in [4.78, 5) is 12.2. The van der Waals surface area contributed by atoms with Crippen molar-refractivity contribution in [2.24, 2.45) is 0 Å². The Morgan fingerprint density at radius 3 is 2.31 bits per heavy atom. The van der Waals surface area contributed by atoms with E-state index < -0.39 is 16.0 Å². The molecule has 2 aromatic rings. The van der Waals surface area contributed by atoms with Gasteiger partial charge in [0.2, 0.25) is 10.0 Å². The van der Waals surface area contributed by atoms with Gasteiger partial charge in [-0.25, -0.2) is 13.2 Å². The zero-order chi connectivity index (χ0) is 19.3. The monoisotopic (exact) mass is 415 g/mol. The number of hydrogen-bond acceptors (Lipinski definition) is 4. The van der Waals surface area contributed by atoms with E-state index in [1.165, 1.54) is 22.5 Å². The van der Waals surface area contributed by atoms with Gasteiger partial charge in [-0.3, -0.25) is 0 Å². The molecule has 0 aliphatic carbocycles. The molecule has 0 saturated heterocycles. The van der Waals surface area contributed by atoms with Crippen LogP contribution >= 0.6 is 23.2 Å². The van der Waals surface area contributed by atoms with E-state index in [0.717, 1.165) is 0 Å². The number of carbonyl (C=O) groups excluding carboxylic acids is 1. The largest absolute Gasteiger partial charge is 0.457 e. The van der Waals surface area contributed by atoms with E-state index in [9.17, 15) is 13.2 Å². The van der Waals surface area contributed by atoms with Crippen LogP contribution in [0, 0.1) is 0 Å². The lowest BCUT2D eigenvalue weighted by Crippen LogP contribution is -2.31. The lowest BCUT2D eigenvalue weighted by molar-refractivity contribution is 0.0472. The maximum Gasteiger partial charge on any atom is 0.338 e. The Bertz CT molecular complexity index is 896. The molecule has 8 heteroatoms. The summed E-state index contributed by atoms with van der Waals surface area (Å²) in [7, 11) is -3.79. The van der Waals surface area contributed by atoms with E-state index in [4.69, 9.17) is 27.9 Å². The first-order valence-corrected chi connectivity index (χ1v) is 10.2. The minimum atomic E-state index is -3.79. The average molecular weight is 416 g/mol. The van der Waals surface area contributed by atoms with Gasteiger partial charge < -0.3 is 4.74 Å². The summed E-state index contributed by atoms with van der Waals surface area (Å²) in [6.45, 7) is 4.05. The van der Waals surface area contributed by atoms with Gasteiger partial charge in [-0.05, 0) is 24.3 Å². The second kappa shape index (κ2) is 8.86. The van der Waals surface area contributed by atoms with Crippen LogP contribution in [0.2, 0.25) is 10.0 Å². The molecule has 0 bridgehead atoms. The van der Waals surface area contributed by atoms with E-state index in [-0.39, 0.29) is 22.1 Å². The molecule has 0 radical (unpaired) electrons. The van der Waals surface area contributed by atoms with Gasteiger partial charge in [-0.2, -0.15) is 4.31 Å². The van der Waals surface area contributed by atoms with Crippen molar-refractivity contribution in [3.63, 3.8) is 0 Å². The first kappa shape index (κ1) is 20.7. The molecule has 0 spiro atoms. The van der Waals surface area contributed by atoms with Crippen LogP contribution in [0.15, 0.2) is 47.4 Å². The average Bonchev–Trinajstić information content (AvgIpc) is 2.61. The van der Waals surface area contributed by atoms with Gasteiger partial charge >= 0.3 is 5.97 Å². The predicted octanol–water partition coefficient (Wildman–Crippen LogP) is 4.38. The summed E-state index contributed by atoms with van der Waals surface area (Å²) in [6.07, 6.45) is 0. The molecule has 0 N–H and O–H groups in total. The Morgan fingerprint density at radius 1 is 1.04 bits per heavy atom. The number of rotatable bonds is 7. The van der Waals surface area contributed by atoms with Gasteiger partial charge in [0.1, 0.15) is 11.5 Å². The van der Waals surface area contributed by atoms with Crippen molar-refractivity contribution in [3.8, 4) is 0 Å². The highest BCUT2D eigenvalue weighted by Gasteiger charge is 2.25. The van der Waals surface area contributed by atoms with Crippen LogP contribution in [0.4, 0.5) is 0 Å². The smallest absolute Gasteiger partial charge is 0.338 e. The SMILES string of the molecule is CCN(CC)S(=O)(=O)c1cc(C(=O)OCc2ccccc2Cl)ccc1Cl. The van der Waals surface area contributed by atoms with Crippen molar-refractivity contribution in [1.82, 2.24) is 4.31 Å². The van der Waals surface area contributed by atoms with Gasteiger partial charge in [0.05, 0.1) is 10.6 Å². The second-order valence-electron chi connectivity index (χ2n) is 5.40. The Labute approximate surface area is 163 Å². The summed E-state index contributed by atoms with van der Waals surface area (Å²) in [5.74, 6) is -0.655. The molecule has 0 unspecified atom stereocenters. The summed E-state index contributed by atoms with van der Waals surface area (Å²) in [5, 5.41) is 0.542. The number of esters is 1. The number of halogens is 2. The number of sulfonamides is 1. The molecule has 0 amide bonds. The van der Waals surface area contributed by atoms with Gasteiger partial charge in [0, 0.05) is 23.7 Å². The zero-order valence-electron chi connectivity index (χ0n) is 14.4. The van der Waals surface area contributed by atoms with E-state index in [2.05, 4.69) is 0 Å². The normalized spacial score (nSPS) is 11.6. The fraction of sp³-hybridized carbons (Fsp3) is 0.278. The lowest BCUT2D eigenvalue weighted by atomic mass is 10.2. The highest BCUT2D eigenvalue weighted by atomic mass is 35.5. The molecule has 2 rings (SSSR count). The molecular formula is C18H19Cl2NO4S. The van der Waals surface area contributed by atoms with Crippen molar-refractivity contribution in [3.05, 3.63) is 63.6 Å². The van der Waals surface area contributed by atoms with Crippen molar-refractivity contribution in [2.75, 3.05) is 13.1 Å². The third-order valence-corrected chi connectivity index (χ3v) is 6.71. The number of nitrogens with zero attached hydrogens (tertiary/aromatic N) is 1. The molecule has 0 aliphatic heterocycles.